The molecule has 2 aromatic rings. The second-order valence-electron chi connectivity index (χ2n) is 6.30. The zero-order valence-corrected chi connectivity index (χ0v) is 14.0. The number of aromatic nitrogens is 3. The molecule has 3 rings (SSSR count). The van der Waals surface area contributed by atoms with Gasteiger partial charge in [0.2, 0.25) is 5.91 Å². The molecular weight excluding hydrogens is 306 g/mol. The minimum atomic E-state index is -0.405. The van der Waals surface area contributed by atoms with Gasteiger partial charge < -0.3 is 10.0 Å². The highest BCUT2D eigenvalue weighted by Crippen LogP contribution is 2.19. The number of carbonyl (C=O) groups is 1. The number of rotatable bonds is 3. The fourth-order valence-electron chi connectivity index (χ4n) is 3.32. The molecule has 0 spiro atoms. The summed E-state index contributed by atoms with van der Waals surface area (Å²) in [5, 5.41) is 23.0. The summed E-state index contributed by atoms with van der Waals surface area (Å²) < 4.78 is 1.66. The first kappa shape index (κ1) is 16.4. The average Bonchev–Trinajstić information content (AvgIpc) is 2.97. The van der Waals surface area contributed by atoms with Crippen molar-refractivity contribution in [3.05, 3.63) is 28.7 Å². The van der Waals surface area contributed by atoms with Crippen LogP contribution >= 0.6 is 0 Å². The van der Waals surface area contributed by atoms with Gasteiger partial charge in [-0.1, -0.05) is 0 Å². The Bertz CT molecular complexity index is 820. The predicted molar refractivity (Wildman–Crippen MR) is 87.3 cm³/mol. The van der Waals surface area contributed by atoms with Crippen LogP contribution in [0, 0.1) is 25.2 Å². The maximum atomic E-state index is 12.4. The van der Waals surface area contributed by atoms with Gasteiger partial charge in [0.05, 0.1) is 12.3 Å². The molecular formula is C17H21N5O2. The van der Waals surface area contributed by atoms with Gasteiger partial charge >= 0.3 is 0 Å². The maximum absolute atomic E-state index is 12.4. The Balaban J connectivity index is 1.78. The molecule has 1 saturated heterocycles. The van der Waals surface area contributed by atoms with Crippen LogP contribution in [-0.4, -0.2) is 49.7 Å². The van der Waals surface area contributed by atoms with Crippen molar-refractivity contribution >= 4 is 11.6 Å². The summed E-state index contributed by atoms with van der Waals surface area (Å²) in [4.78, 5) is 18.6. The van der Waals surface area contributed by atoms with E-state index < -0.39 is 6.10 Å². The molecule has 0 saturated carbocycles. The number of hydrogen-bond donors (Lipinski definition) is 1. The van der Waals surface area contributed by atoms with Gasteiger partial charge in [0, 0.05) is 30.9 Å². The second-order valence-corrected chi connectivity index (χ2v) is 6.30. The van der Waals surface area contributed by atoms with E-state index in [2.05, 4.69) is 16.2 Å². The third kappa shape index (κ3) is 2.97. The quantitative estimate of drug-likeness (QED) is 0.912. The summed E-state index contributed by atoms with van der Waals surface area (Å²) in [6.07, 6.45) is 3.68. The van der Waals surface area contributed by atoms with Crippen molar-refractivity contribution in [3.63, 3.8) is 0 Å². The lowest BCUT2D eigenvalue weighted by Gasteiger charge is -2.30. The summed E-state index contributed by atoms with van der Waals surface area (Å²) in [5.41, 5.74) is 3.72. The van der Waals surface area contributed by atoms with Crippen molar-refractivity contribution in [1.29, 1.82) is 5.26 Å². The fraction of sp³-hybridized carbons (Fsp3) is 0.529. The number of hydrogen-bond acceptors (Lipinski definition) is 5. The van der Waals surface area contributed by atoms with Crippen molar-refractivity contribution in [1.82, 2.24) is 19.5 Å². The highest BCUT2D eigenvalue weighted by molar-refractivity contribution is 5.76. The lowest BCUT2D eigenvalue weighted by Crippen LogP contribution is -2.42. The SMILES string of the molecule is Cc1nc2c(C#N)cnn2c(C)c1CCC(=O)N1CCCC(O)C1. The molecule has 7 heteroatoms. The van der Waals surface area contributed by atoms with Gasteiger partial charge in [-0.3, -0.25) is 4.79 Å². The van der Waals surface area contributed by atoms with Crippen LogP contribution in [0.4, 0.5) is 0 Å². The van der Waals surface area contributed by atoms with Crippen molar-refractivity contribution in [2.45, 2.75) is 45.6 Å². The van der Waals surface area contributed by atoms with E-state index in [1.807, 2.05) is 13.8 Å². The van der Waals surface area contributed by atoms with E-state index in [1.54, 1.807) is 9.42 Å². The topological polar surface area (TPSA) is 94.5 Å². The van der Waals surface area contributed by atoms with E-state index in [0.29, 0.717) is 30.6 Å². The summed E-state index contributed by atoms with van der Waals surface area (Å²) in [6.45, 7) is 4.97. The van der Waals surface area contributed by atoms with Crippen LogP contribution in [0.2, 0.25) is 0 Å². The molecule has 0 aromatic carbocycles. The van der Waals surface area contributed by atoms with Crippen molar-refractivity contribution < 1.29 is 9.90 Å². The maximum Gasteiger partial charge on any atom is 0.222 e. The highest BCUT2D eigenvalue weighted by atomic mass is 16.3. The van der Waals surface area contributed by atoms with Crippen LogP contribution in [0.15, 0.2) is 6.20 Å². The van der Waals surface area contributed by atoms with Gasteiger partial charge in [-0.2, -0.15) is 10.4 Å². The Morgan fingerprint density at radius 2 is 2.29 bits per heavy atom. The van der Waals surface area contributed by atoms with E-state index in [4.69, 9.17) is 5.26 Å². The lowest BCUT2D eigenvalue weighted by atomic mass is 10.0. The number of carbonyl (C=O) groups excluding carboxylic acids is 1. The zero-order chi connectivity index (χ0) is 17.3. The minimum absolute atomic E-state index is 0.0610. The standard InChI is InChI=1S/C17H21N5O2/c1-11-15(5-6-16(24)21-7-3-4-14(23)10-21)12(2)22-17(20-11)13(8-18)9-19-22/h9,14,23H,3-7,10H2,1-2H3. The van der Waals surface area contributed by atoms with E-state index in [0.717, 1.165) is 36.3 Å². The minimum Gasteiger partial charge on any atom is -0.391 e. The number of aliphatic hydroxyl groups is 1. The predicted octanol–water partition coefficient (Wildman–Crippen LogP) is 1.13. The fourth-order valence-corrected chi connectivity index (χ4v) is 3.32. The molecule has 3 heterocycles. The molecule has 2 aromatic heterocycles. The molecule has 1 aliphatic rings. The summed E-state index contributed by atoms with van der Waals surface area (Å²) in [5.74, 6) is 0.0610. The smallest absolute Gasteiger partial charge is 0.222 e. The molecule has 1 atom stereocenters. The first-order chi connectivity index (χ1) is 11.5. The molecule has 1 aliphatic heterocycles. The Labute approximate surface area is 140 Å². The van der Waals surface area contributed by atoms with Gasteiger partial charge in [-0.15, -0.1) is 0 Å². The van der Waals surface area contributed by atoms with E-state index in [9.17, 15) is 9.90 Å². The summed E-state index contributed by atoms with van der Waals surface area (Å²) in [6, 6.07) is 2.09. The average molecular weight is 327 g/mol. The molecule has 1 fully saturated rings. The van der Waals surface area contributed by atoms with Gasteiger partial charge in [0.15, 0.2) is 5.65 Å². The van der Waals surface area contributed by atoms with Gasteiger partial charge in [0.1, 0.15) is 11.6 Å². The Morgan fingerprint density at radius 3 is 3.00 bits per heavy atom. The number of aryl methyl sites for hydroxylation is 2. The molecule has 0 bridgehead atoms. The molecule has 7 nitrogen and oxygen atoms in total. The summed E-state index contributed by atoms with van der Waals surface area (Å²) >= 11 is 0. The first-order valence-corrected chi connectivity index (χ1v) is 8.21. The lowest BCUT2D eigenvalue weighted by molar-refractivity contribution is -0.134. The molecule has 1 unspecified atom stereocenters. The normalized spacial score (nSPS) is 17.9. The number of fused-ring (bicyclic) bond motifs is 1. The van der Waals surface area contributed by atoms with Crippen LogP contribution in [0.1, 0.15) is 41.8 Å². The zero-order valence-electron chi connectivity index (χ0n) is 14.0. The number of β-amino-alcohol motifs (C(OH)–C–C–N with tert-alkyl or cyclic N) is 1. The largest absolute Gasteiger partial charge is 0.391 e. The number of piperidine rings is 1. The van der Waals surface area contributed by atoms with Crippen LogP contribution in [-0.2, 0) is 11.2 Å². The van der Waals surface area contributed by atoms with Crippen molar-refractivity contribution in [3.8, 4) is 6.07 Å². The molecule has 0 aliphatic carbocycles. The molecule has 0 radical (unpaired) electrons. The van der Waals surface area contributed by atoms with Crippen LogP contribution in [0.5, 0.6) is 0 Å². The molecule has 126 valence electrons. The van der Waals surface area contributed by atoms with E-state index in [1.165, 1.54) is 6.20 Å². The van der Waals surface area contributed by atoms with E-state index >= 15 is 0 Å². The number of amides is 1. The van der Waals surface area contributed by atoms with Crippen molar-refractivity contribution in [2.24, 2.45) is 0 Å². The van der Waals surface area contributed by atoms with Gasteiger partial charge in [-0.25, -0.2) is 9.50 Å². The number of nitrogens with zero attached hydrogens (tertiary/aromatic N) is 5. The Morgan fingerprint density at radius 1 is 1.50 bits per heavy atom. The second kappa shape index (κ2) is 6.57. The van der Waals surface area contributed by atoms with Gasteiger partial charge in [0.25, 0.3) is 0 Å². The highest BCUT2D eigenvalue weighted by Gasteiger charge is 2.22. The number of aliphatic hydroxyl groups excluding tert-OH is 1. The van der Waals surface area contributed by atoms with Gasteiger partial charge in [-0.05, 0) is 38.7 Å². The first-order valence-electron chi connectivity index (χ1n) is 8.21. The van der Waals surface area contributed by atoms with E-state index in [-0.39, 0.29) is 5.91 Å². The third-order valence-corrected chi connectivity index (χ3v) is 4.67. The Hall–Kier alpha value is -2.46. The molecule has 1 amide bonds. The molecule has 24 heavy (non-hydrogen) atoms. The van der Waals surface area contributed by atoms with Crippen LogP contribution in [0.3, 0.4) is 0 Å². The number of likely N-dealkylation sites (tertiary alicyclic amines) is 1. The van der Waals surface area contributed by atoms with Crippen LogP contribution in [0.25, 0.3) is 5.65 Å². The summed E-state index contributed by atoms with van der Waals surface area (Å²) in [7, 11) is 0. The number of nitriles is 1. The monoisotopic (exact) mass is 327 g/mol. The van der Waals surface area contributed by atoms with Crippen LogP contribution < -0.4 is 0 Å². The van der Waals surface area contributed by atoms with Crippen molar-refractivity contribution in [2.75, 3.05) is 13.1 Å². The third-order valence-electron chi connectivity index (χ3n) is 4.67. The molecule has 1 N–H and O–H groups in total. The Kier molecular flexibility index (Phi) is 4.49.